The third-order valence-electron chi connectivity index (χ3n) is 11.5. The smallest absolute Gasteiger partial charge is 0.306 e. The van der Waals surface area contributed by atoms with E-state index in [-0.39, 0.29) is 19.2 Å². The van der Waals surface area contributed by atoms with Crippen LogP contribution in [0.1, 0.15) is 219 Å². The van der Waals surface area contributed by atoms with E-state index in [1.165, 1.54) is 154 Å². The van der Waals surface area contributed by atoms with Crippen LogP contribution in [0.4, 0.5) is 0 Å². The molecule has 1 aliphatic rings. The van der Waals surface area contributed by atoms with E-state index in [0.717, 1.165) is 44.9 Å². The topological polar surface area (TPSA) is 135 Å². The average Bonchev–Trinajstić information content (AvgIpc) is 3.25. The van der Waals surface area contributed by atoms with Crippen LogP contribution in [-0.2, 0) is 23.7 Å². The van der Waals surface area contributed by atoms with Crippen molar-refractivity contribution in [3.8, 4) is 0 Å². The van der Waals surface area contributed by atoms with Crippen molar-refractivity contribution in [3.63, 3.8) is 0 Å². The molecule has 9 nitrogen and oxygen atoms in total. The highest BCUT2D eigenvalue weighted by Gasteiger charge is 2.44. The Hall–Kier alpha value is -1.59. The maximum absolute atomic E-state index is 12.8. The van der Waals surface area contributed by atoms with Crippen molar-refractivity contribution in [1.82, 2.24) is 0 Å². The molecule has 0 spiro atoms. The van der Waals surface area contributed by atoms with E-state index < -0.39 is 43.4 Å². The molecule has 9 heteroatoms. The first-order valence-electron chi connectivity index (χ1n) is 25.1. The Labute approximate surface area is 368 Å². The van der Waals surface area contributed by atoms with Crippen molar-refractivity contribution < 1.29 is 44.2 Å². The fourth-order valence-electron chi connectivity index (χ4n) is 7.58. The van der Waals surface area contributed by atoms with Crippen LogP contribution in [0, 0.1) is 0 Å². The van der Waals surface area contributed by atoms with Gasteiger partial charge in [0.2, 0.25) is 0 Å². The Morgan fingerprint density at radius 2 is 0.967 bits per heavy atom. The second-order valence-electron chi connectivity index (χ2n) is 17.3. The van der Waals surface area contributed by atoms with Crippen LogP contribution in [-0.4, -0.2) is 89.6 Å². The lowest BCUT2D eigenvalue weighted by molar-refractivity contribution is -0.305. The Morgan fingerprint density at radius 1 is 0.533 bits per heavy atom. The molecule has 352 valence electrons. The van der Waals surface area contributed by atoms with Gasteiger partial charge in [0.15, 0.2) is 6.29 Å². The van der Waals surface area contributed by atoms with Crippen LogP contribution >= 0.6 is 0 Å². The van der Waals surface area contributed by atoms with E-state index in [0.29, 0.717) is 13.0 Å². The number of aliphatic hydroxyl groups excluding tert-OH is 4. The first-order chi connectivity index (χ1) is 29.4. The number of unbranched alkanes of at least 4 members (excludes halogenated alkanes) is 26. The standard InChI is InChI=1S/C51H94O9/c1-3-5-7-9-11-13-15-17-19-21-22-23-25-27-29-31-33-35-37-39-41-57-43-45(44-58-51-50(56)49(55)48(54)46(42-52)60-51)59-47(53)40-38-36-34-32-30-28-26-24-20-18-16-14-12-10-8-6-4-2/h12,14,17-20,45-46,48-52,54-56H,3-11,13,15-16,21-44H2,1-2H3/b14-12-,19-17-,20-18-. The molecule has 0 bridgehead atoms. The maximum atomic E-state index is 12.8. The average molecular weight is 851 g/mol. The molecule has 60 heavy (non-hydrogen) atoms. The van der Waals surface area contributed by atoms with Gasteiger partial charge in [-0.15, -0.1) is 0 Å². The number of allylic oxidation sites excluding steroid dienone is 6. The zero-order valence-corrected chi connectivity index (χ0v) is 38.7. The van der Waals surface area contributed by atoms with Crippen molar-refractivity contribution in [3.05, 3.63) is 36.5 Å². The molecule has 1 aliphatic heterocycles. The highest BCUT2D eigenvalue weighted by molar-refractivity contribution is 5.69. The first-order valence-corrected chi connectivity index (χ1v) is 25.1. The van der Waals surface area contributed by atoms with Crippen molar-refractivity contribution >= 4 is 5.97 Å². The minimum atomic E-state index is -1.54. The number of carbonyl (C=O) groups is 1. The predicted octanol–water partition coefficient (Wildman–Crippen LogP) is 11.9. The van der Waals surface area contributed by atoms with Crippen molar-refractivity contribution in [2.45, 2.75) is 256 Å². The van der Waals surface area contributed by atoms with Crippen LogP contribution in [0.25, 0.3) is 0 Å². The van der Waals surface area contributed by atoms with E-state index in [1.807, 2.05) is 0 Å². The van der Waals surface area contributed by atoms with E-state index in [2.05, 4.69) is 50.3 Å². The molecule has 0 saturated carbocycles. The highest BCUT2D eigenvalue weighted by atomic mass is 16.7. The summed E-state index contributed by atoms with van der Waals surface area (Å²) in [6, 6.07) is 0. The molecule has 1 saturated heterocycles. The van der Waals surface area contributed by atoms with Crippen LogP contribution in [0.3, 0.4) is 0 Å². The van der Waals surface area contributed by atoms with Gasteiger partial charge < -0.3 is 39.4 Å². The van der Waals surface area contributed by atoms with Gasteiger partial charge in [0.25, 0.3) is 0 Å². The van der Waals surface area contributed by atoms with Gasteiger partial charge in [-0.25, -0.2) is 0 Å². The summed E-state index contributed by atoms with van der Waals surface area (Å²) < 4.78 is 22.9. The van der Waals surface area contributed by atoms with Gasteiger partial charge in [-0.05, 0) is 70.6 Å². The van der Waals surface area contributed by atoms with E-state index in [4.69, 9.17) is 18.9 Å². The molecule has 0 aromatic heterocycles. The Kier molecular flexibility index (Phi) is 40.2. The summed E-state index contributed by atoms with van der Waals surface area (Å²) in [5.41, 5.74) is 0. The van der Waals surface area contributed by atoms with Crippen LogP contribution in [0.15, 0.2) is 36.5 Å². The predicted molar refractivity (Wildman–Crippen MR) is 247 cm³/mol. The minimum absolute atomic E-state index is 0.116. The normalized spacial score (nSPS) is 20.3. The zero-order chi connectivity index (χ0) is 43.6. The SMILES string of the molecule is CCCCC/C=C\C/C=C\CCCCCCCCCC(=O)OC(COCCCCCCCCCCCC/C=C\CCCCCCCC)COC1OC(CO)C(O)C(O)C1O. The molecular formula is C51H94O9. The third kappa shape index (κ3) is 33.0. The molecule has 0 amide bonds. The number of ether oxygens (including phenoxy) is 4. The third-order valence-corrected chi connectivity index (χ3v) is 11.5. The zero-order valence-electron chi connectivity index (χ0n) is 38.7. The highest BCUT2D eigenvalue weighted by Crippen LogP contribution is 2.23. The van der Waals surface area contributed by atoms with Gasteiger partial charge in [0, 0.05) is 13.0 Å². The molecule has 0 radical (unpaired) electrons. The maximum Gasteiger partial charge on any atom is 0.306 e. The summed E-state index contributed by atoms with van der Waals surface area (Å²) in [5, 5.41) is 40.2. The molecule has 1 rings (SSSR count). The van der Waals surface area contributed by atoms with Gasteiger partial charge in [-0.1, -0.05) is 179 Å². The monoisotopic (exact) mass is 851 g/mol. The van der Waals surface area contributed by atoms with Crippen molar-refractivity contribution in [2.24, 2.45) is 0 Å². The lowest BCUT2D eigenvalue weighted by Crippen LogP contribution is -2.59. The van der Waals surface area contributed by atoms with Crippen molar-refractivity contribution in [2.75, 3.05) is 26.4 Å². The fraction of sp³-hybridized carbons (Fsp3) is 0.863. The number of esters is 1. The summed E-state index contributed by atoms with van der Waals surface area (Å²) in [4.78, 5) is 12.8. The van der Waals surface area contributed by atoms with Gasteiger partial charge in [0.05, 0.1) is 19.8 Å². The molecule has 6 atom stereocenters. The quantitative estimate of drug-likeness (QED) is 0.0269. The van der Waals surface area contributed by atoms with Crippen LogP contribution in [0.5, 0.6) is 0 Å². The molecule has 1 heterocycles. The largest absolute Gasteiger partial charge is 0.457 e. The summed E-state index contributed by atoms with van der Waals surface area (Å²) in [7, 11) is 0. The number of rotatable bonds is 43. The van der Waals surface area contributed by atoms with Crippen molar-refractivity contribution in [1.29, 1.82) is 0 Å². The van der Waals surface area contributed by atoms with E-state index in [9.17, 15) is 25.2 Å². The Balaban J connectivity index is 2.22. The Bertz CT molecular complexity index is 1010. The molecule has 4 N–H and O–H groups in total. The van der Waals surface area contributed by atoms with Crippen LogP contribution < -0.4 is 0 Å². The minimum Gasteiger partial charge on any atom is -0.457 e. The lowest BCUT2D eigenvalue weighted by Gasteiger charge is -2.39. The number of aliphatic hydroxyl groups is 4. The summed E-state index contributed by atoms with van der Waals surface area (Å²) >= 11 is 0. The van der Waals surface area contributed by atoms with Gasteiger partial charge in [-0.2, -0.15) is 0 Å². The van der Waals surface area contributed by atoms with Gasteiger partial charge in [0.1, 0.15) is 30.5 Å². The van der Waals surface area contributed by atoms with E-state index >= 15 is 0 Å². The fourth-order valence-corrected chi connectivity index (χ4v) is 7.58. The summed E-state index contributed by atoms with van der Waals surface area (Å²) in [6.45, 7) is 4.54. The molecule has 0 aromatic rings. The molecular weight excluding hydrogens is 757 g/mol. The Morgan fingerprint density at radius 3 is 1.48 bits per heavy atom. The number of carbonyl (C=O) groups excluding carboxylic acids is 1. The molecule has 1 fully saturated rings. The second-order valence-corrected chi connectivity index (χ2v) is 17.3. The van der Waals surface area contributed by atoms with Crippen LogP contribution in [0.2, 0.25) is 0 Å². The molecule has 6 unspecified atom stereocenters. The first kappa shape index (κ1) is 56.4. The summed E-state index contributed by atoms with van der Waals surface area (Å²) in [5.74, 6) is -0.320. The lowest BCUT2D eigenvalue weighted by atomic mass is 9.99. The second kappa shape index (κ2) is 42.7. The molecule has 0 aromatic carbocycles. The summed E-state index contributed by atoms with van der Waals surface area (Å²) in [6.07, 6.45) is 44.5. The van der Waals surface area contributed by atoms with E-state index in [1.54, 1.807) is 0 Å². The molecule has 0 aliphatic carbocycles. The number of hydrogen-bond donors (Lipinski definition) is 4. The van der Waals surface area contributed by atoms with Gasteiger partial charge >= 0.3 is 5.97 Å². The number of hydrogen-bond acceptors (Lipinski definition) is 9. The van der Waals surface area contributed by atoms with Gasteiger partial charge in [-0.3, -0.25) is 4.79 Å².